The number of aliphatic imine (C=N–C) groups is 1. The quantitative estimate of drug-likeness (QED) is 0.149. The molecule has 3 unspecified atom stereocenters. The molecule has 2 aliphatic rings. The number of rotatable bonds is 12. The standard InChI is InChI=1S/C29H33FN6OS2/c1-4-15-38-19(2)29-34-17-24(25(31)12-14-32-20(3)30)27-16-22(18-36(27)29)35-39-23-10-8-21(9-11-23)28(37)26-7-5-6-13-33-26/h4-15,20,22,28,31-32,35,37H,2,16-18H2,1,3H3/b14-12-,15-4-,31-25?. The van der Waals surface area contributed by atoms with Crippen LogP contribution in [0.15, 0.2) is 105 Å². The van der Waals surface area contributed by atoms with E-state index in [9.17, 15) is 9.50 Å². The summed E-state index contributed by atoms with van der Waals surface area (Å²) in [7, 11) is 0. The molecule has 7 nitrogen and oxygen atoms in total. The molecule has 2 aromatic rings. The van der Waals surface area contributed by atoms with E-state index in [1.165, 1.54) is 36.8 Å². The van der Waals surface area contributed by atoms with Gasteiger partial charge in [-0.1, -0.05) is 42.6 Å². The maximum Gasteiger partial charge on any atom is 0.166 e. The van der Waals surface area contributed by atoms with Gasteiger partial charge >= 0.3 is 0 Å². The van der Waals surface area contributed by atoms with Crippen LogP contribution in [0.2, 0.25) is 0 Å². The molecule has 1 aromatic heterocycles. The average Bonchev–Trinajstić information content (AvgIpc) is 3.38. The van der Waals surface area contributed by atoms with Crippen molar-refractivity contribution in [1.29, 1.82) is 5.41 Å². The van der Waals surface area contributed by atoms with E-state index in [-0.39, 0.29) is 6.04 Å². The monoisotopic (exact) mass is 564 g/mol. The van der Waals surface area contributed by atoms with E-state index < -0.39 is 12.4 Å². The van der Waals surface area contributed by atoms with Gasteiger partial charge in [-0.3, -0.25) is 14.7 Å². The number of amidine groups is 1. The van der Waals surface area contributed by atoms with Crippen molar-refractivity contribution in [3.63, 3.8) is 0 Å². The molecule has 10 heteroatoms. The molecule has 2 aliphatic heterocycles. The molecule has 39 heavy (non-hydrogen) atoms. The summed E-state index contributed by atoms with van der Waals surface area (Å²) in [5.41, 5.74) is 3.58. The highest BCUT2D eigenvalue weighted by molar-refractivity contribution is 8.06. The summed E-state index contributed by atoms with van der Waals surface area (Å²) in [6.07, 6.45) is 5.46. The third-order valence-electron chi connectivity index (χ3n) is 6.16. The summed E-state index contributed by atoms with van der Waals surface area (Å²) >= 11 is 3.07. The first-order valence-electron chi connectivity index (χ1n) is 12.7. The fourth-order valence-electron chi connectivity index (χ4n) is 4.27. The lowest BCUT2D eigenvalue weighted by atomic mass is 10.0. The fraction of sp³-hybridized carbons (Fsp3) is 0.276. The first-order chi connectivity index (χ1) is 18.9. The van der Waals surface area contributed by atoms with Crippen molar-refractivity contribution < 1.29 is 9.50 Å². The largest absolute Gasteiger partial charge is 0.382 e. The van der Waals surface area contributed by atoms with Crippen LogP contribution in [0.4, 0.5) is 4.39 Å². The maximum absolute atomic E-state index is 13.1. The molecule has 1 saturated heterocycles. The van der Waals surface area contributed by atoms with Crippen molar-refractivity contribution in [2.45, 2.75) is 43.6 Å². The first-order valence-corrected chi connectivity index (χ1v) is 14.3. The number of thioether (sulfide) groups is 1. The van der Waals surface area contributed by atoms with Crippen molar-refractivity contribution in [3.05, 3.63) is 106 Å². The molecule has 3 heterocycles. The number of benzene rings is 1. The summed E-state index contributed by atoms with van der Waals surface area (Å²) < 4.78 is 16.7. The van der Waals surface area contributed by atoms with E-state index in [0.29, 0.717) is 24.5 Å². The highest BCUT2D eigenvalue weighted by Crippen LogP contribution is 2.34. The van der Waals surface area contributed by atoms with Gasteiger partial charge in [0.2, 0.25) is 0 Å². The molecule has 0 spiro atoms. The number of aromatic nitrogens is 1. The number of aliphatic hydroxyl groups is 1. The van der Waals surface area contributed by atoms with Crippen LogP contribution in [0, 0.1) is 5.41 Å². The van der Waals surface area contributed by atoms with E-state index in [1.807, 2.05) is 60.9 Å². The second-order valence-electron chi connectivity index (χ2n) is 9.06. The third kappa shape index (κ3) is 7.48. The fourth-order valence-corrected chi connectivity index (χ4v) is 5.59. The van der Waals surface area contributed by atoms with Crippen molar-refractivity contribution in [1.82, 2.24) is 19.9 Å². The lowest BCUT2D eigenvalue weighted by molar-refractivity contribution is 0.215. The van der Waals surface area contributed by atoms with Gasteiger partial charge in [0.1, 0.15) is 11.9 Å². The minimum Gasteiger partial charge on any atom is -0.382 e. The van der Waals surface area contributed by atoms with Gasteiger partial charge in [0, 0.05) is 52.5 Å². The van der Waals surface area contributed by atoms with Gasteiger partial charge < -0.3 is 20.7 Å². The van der Waals surface area contributed by atoms with Gasteiger partial charge in [0.05, 0.1) is 18.0 Å². The molecule has 0 aliphatic carbocycles. The number of alkyl halides is 1. The summed E-state index contributed by atoms with van der Waals surface area (Å²) in [4.78, 5) is 13.0. The van der Waals surface area contributed by atoms with Crippen LogP contribution >= 0.6 is 23.7 Å². The Balaban J connectivity index is 1.45. The number of allylic oxidation sites excluding steroid dienone is 2. The van der Waals surface area contributed by atoms with Gasteiger partial charge in [0.25, 0.3) is 0 Å². The molecule has 0 amide bonds. The highest BCUT2D eigenvalue weighted by atomic mass is 32.2. The normalized spacial score (nSPS) is 18.8. The van der Waals surface area contributed by atoms with Crippen molar-refractivity contribution in [2.24, 2.45) is 4.99 Å². The molecule has 1 fully saturated rings. The van der Waals surface area contributed by atoms with Gasteiger partial charge in [-0.15, -0.1) is 0 Å². The predicted octanol–water partition coefficient (Wildman–Crippen LogP) is 5.72. The van der Waals surface area contributed by atoms with Crippen LogP contribution in [0.1, 0.15) is 37.6 Å². The predicted molar refractivity (Wildman–Crippen MR) is 160 cm³/mol. The highest BCUT2D eigenvalue weighted by Gasteiger charge is 2.35. The minimum absolute atomic E-state index is 0.113. The average molecular weight is 565 g/mol. The first kappa shape index (κ1) is 28.8. The van der Waals surface area contributed by atoms with E-state index in [1.54, 1.807) is 12.3 Å². The zero-order chi connectivity index (χ0) is 27.8. The van der Waals surface area contributed by atoms with Crippen LogP contribution < -0.4 is 10.0 Å². The molecular weight excluding hydrogens is 531 g/mol. The number of pyridine rings is 1. The van der Waals surface area contributed by atoms with E-state index in [4.69, 9.17) is 10.4 Å². The van der Waals surface area contributed by atoms with E-state index in [2.05, 4.69) is 26.5 Å². The molecule has 0 radical (unpaired) electrons. The number of fused-ring (bicyclic) bond motifs is 1. The Bertz CT molecular complexity index is 1290. The summed E-state index contributed by atoms with van der Waals surface area (Å²) in [5, 5.41) is 23.8. The van der Waals surface area contributed by atoms with Crippen LogP contribution in [0.3, 0.4) is 0 Å². The Morgan fingerprint density at radius 3 is 2.77 bits per heavy atom. The van der Waals surface area contributed by atoms with Gasteiger partial charge in [-0.2, -0.15) is 0 Å². The minimum atomic E-state index is -1.18. The zero-order valence-corrected chi connectivity index (χ0v) is 23.6. The van der Waals surface area contributed by atoms with Crippen molar-refractivity contribution in [2.75, 3.05) is 13.1 Å². The third-order valence-corrected chi connectivity index (χ3v) is 8.00. The molecular formula is C29H33FN6OS2. The number of halogens is 1. The SMILES string of the molecule is C=C(S/C=C\C)C1=NCC(C(=N)/C=C\NC(C)F)=C2CC(NSc3ccc(C(O)c4ccccn4)cc3)CN12. The van der Waals surface area contributed by atoms with Gasteiger partial charge in [0.15, 0.2) is 6.30 Å². The van der Waals surface area contributed by atoms with Gasteiger partial charge in [-0.25, -0.2) is 4.39 Å². The second-order valence-corrected chi connectivity index (χ2v) is 11.0. The molecule has 4 N–H and O–H groups in total. The molecule has 3 atom stereocenters. The molecule has 204 valence electrons. The Morgan fingerprint density at radius 1 is 1.28 bits per heavy atom. The summed E-state index contributed by atoms with van der Waals surface area (Å²) in [6.45, 7) is 8.66. The second kappa shape index (κ2) is 13.7. The molecule has 0 bridgehead atoms. The van der Waals surface area contributed by atoms with Crippen LogP contribution in [-0.4, -0.2) is 52.0 Å². The number of hydrogen-bond acceptors (Lipinski definition) is 9. The Kier molecular flexibility index (Phi) is 10.2. The topological polar surface area (TPSA) is 96.6 Å². The molecule has 0 saturated carbocycles. The Labute approximate surface area is 237 Å². The number of hydrogen-bond donors (Lipinski definition) is 4. The smallest absolute Gasteiger partial charge is 0.166 e. The lowest BCUT2D eigenvalue weighted by Gasteiger charge is -2.29. The number of aliphatic hydroxyl groups excluding tert-OH is 1. The van der Waals surface area contributed by atoms with Gasteiger partial charge in [-0.05, 0) is 67.1 Å². The van der Waals surface area contributed by atoms with Crippen molar-refractivity contribution in [3.8, 4) is 0 Å². The van der Waals surface area contributed by atoms with E-state index in [0.717, 1.165) is 38.9 Å². The van der Waals surface area contributed by atoms with Crippen LogP contribution in [-0.2, 0) is 0 Å². The lowest BCUT2D eigenvalue weighted by Crippen LogP contribution is -2.35. The molecule has 4 rings (SSSR count). The number of nitrogens with zero attached hydrogens (tertiary/aromatic N) is 3. The van der Waals surface area contributed by atoms with E-state index >= 15 is 0 Å². The maximum atomic E-state index is 13.1. The molecule has 1 aromatic carbocycles. The number of nitrogens with one attached hydrogen (secondary N) is 3. The zero-order valence-electron chi connectivity index (χ0n) is 22.0. The Morgan fingerprint density at radius 2 is 2.08 bits per heavy atom. The van der Waals surface area contributed by atoms with Crippen LogP contribution in [0.25, 0.3) is 0 Å². The summed E-state index contributed by atoms with van der Waals surface area (Å²) in [5.74, 6) is 0.825. The van der Waals surface area contributed by atoms with Crippen LogP contribution in [0.5, 0.6) is 0 Å². The Hall–Kier alpha value is -3.18. The van der Waals surface area contributed by atoms with Crippen molar-refractivity contribution >= 4 is 35.3 Å². The summed E-state index contributed by atoms with van der Waals surface area (Å²) in [6, 6.07) is 13.4.